The predicted octanol–water partition coefficient (Wildman–Crippen LogP) is 6.58. The second kappa shape index (κ2) is 9.76. The molecular formula is C23H16BrClN4O3. The SMILES string of the molecule is O=[N+]([O-])c1ccc(N/N=C/c2cc(Cl)c(OCc3ccc4ccccc4c3)c(Br)c2)nc1. The zero-order valence-corrected chi connectivity index (χ0v) is 18.9. The zero-order chi connectivity index (χ0) is 22.5. The molecule has 0 atom stereocenters. The first-order valence-electron chi connectivity index (χ1n) is 9.48. The fourth-order valence-corrected chi connectivity index (χ4v) is 4.00. The number of hydrogen-bond acceptors (Lipinski definition) is 6. The summed E-state index contributed by atoms with van der Waals surface area (Å²) >= 11 is 9.93. The Hall–Kier alpha value is -3.49. The van der Waals surface area contributed by atoms with E-state index in [2.05, 4.69) is 55.7 Å². The van der Waals surface area contributed by atoms with Crippen molar-refractivity contribution in [3.8, 4) is 5.75 Å². The van der Waals surface area contributed by atoms with E-state index in [-0.39, 0.29) is 5.69 Å². The van der Waals surface area contributed by atoms with Crippen molar-refractivity contribution >= 4 is 56.0 Å². The molecule has 9 heteroatoms. The van der Waals surface area contributed by atoms with Gasteiger partial charge in [0.15, 0.2) is 5.75 Å². The number of ether oxygens (including phenoxy) is 1. The van der Waals surface area contributed by atoms with Crippen LogP contribution in [0, 0.1) is 10.1 Å². The normalized spacial score (nSPS) is 11.1. The van der Waals surface area contributed by atoms with Gasteiger partial charge in [-0.3, -0.25) is 15.5 Å². The molecule has 0 fully saturated rings. The third kappa shape index (κ3) is 5.22. The monoisotopic (exact) mass is 510 g/mol. The lowest BCUT2D eigenvalue weighted by Crippen LogP contribution is -1.98. The van der Waals surface area contributed by atoms with E-state index in [9.17, 15) is 10.1 Å². The van der Waals surface area contributed by atoms with E-state index in [0.29, 0.717) is 27.7 Å². The topological polar surface area (TPSA) is 89.7 Å². The Labute approximate surface area is 197 Å². The molecule has 4 aromatic rings. The maximum atomic E-state index is 10.7. The lowest BCUT2D eigenvalue weighted by atomic mass is 10.1. The molecule has 0 unspecified atom stereocenters. The third-order valence-electron chi connectivity index (χ3n) is 4.57. The highest BCUT2D eigenvalue weighted by Crippen LogP contribution is 2.35. The van der Waals surface area contributed by atoms with Crippen LogP contribution < -0.4 is 10.2 Å². The Bertz CT molecular complexity index is 1290. The highest BCUT2D eigenvalue weighted by atomic mass is 79.9. The number of fused-ring (bicyclic) bond motifs is 1. The van der Waals surface area contributed by atoms with Crippen LogP contribution in [0.1, 0.15) is 11.1 Å². The molecule has 1 N–H and O–H groups in total. The number of hydrogen-bond donors (Lipinski definition) is 1. The van der Waals surface area contributed by atoms with Crippen LogP contribution in [-0.4, -0.2) is 16.1 Å². The number of benzene rings is 3. The van der Waals surface area contributed by atoms with Crippen molar-refractivity contribution in [2.24, 2.45) is 5.10 Å². The molecule has 0 aliphatic rings. The van der Waals surface area contributed by atoms with Gasteiger partial charge in [-0.25, -0.2) is 4.98 Å². The molecule has 0 amide bonds. The van der Waals surface area contributed by atoms with Gasteiger partial charge in [0, 0.05) is 6.07 Å². The van der Waals surface area contributed by atoms with E-state index in [1.165, 1.54) is 17.5 Å². The minimum atomic E-state index is -0.511. The molecule has 7 nitrogen and oxygen atoms in total. The second-order valence-electron chi connectivity index (χ2n) is 6.81. The molecule has 1 heterocycles. The fourth-order valence-electron chi connectivity index (χ4n) is 3.01. The van der Waals surface area contributed by atoms with E-state index < -0.39 is 4.92 Å². The summed E-state index contributed by atoms with van der Waals surface area (Å²) in [7, 11) is 0. The van der Waals surface area contributed by atoms with Gasteiger partial charge >= 0.3 is 0 Å². The summed E-state index contributed by atoms with van der Waals surface area (Å²) in [5.74, 6) is 0.925. The summed E-state index contributed by atoms with van der Waals surface area (Å²) < 4.78 is 6.65. The molecule has 0 aliphatic heterocycles. The number of nitrogens with zero attached hydrogens (tertiary/aromatic N) is 3. The van der Waals surface area contributed by atoms with Gasteiger partial charge in [0.1, 0.15) is 18.6 Å². The van der Waals surface area contributed by atoms with Gasteiger partial charge in [0.05, 0.1) is 20.6 Å². The number of nitrogens with one attached hydrogen (secondary N) is 1. The van der Waals surface area contributed by atoms with E-state index in [1.54, 1.807) is 12.3 Å². The summed E-state index contributed by atoms with van der Waals surface area (Å²) in [5, 5.41) is 17.5. The number of rotatable bonds is 7. The fraction of sp³-hybridized carbons (Fsp3) is 0.0435. The number of hydrazone groups is 1. The summed E-state index contributed by atoms with van der Waals surface area (Å²) in [6.07, 6.45) is 2.72. The van der Waals surface area contributed by atoms with Gasteiger partial charge < -0.3 is 4.74 Å². The van der Waals surface area contributed by atoms with Crippen molar-refractivity contribution < 1.29 is 9.66 Å². The first-order chi connectivity index (χ1) is 15.5. The molecule has 32 heavy (non-hydrogen) atoms. The highest BCUT2D eigenvalue weighted by Gasteiger charge is 2.10. The third-order valence-corrected chi connectivity index (χ3v) is 5.44. The number of nitro groups is 1. The van der Waals surface area contributed by atoms with Crippen LogP contribution in [0.2, 0.25) is 5.02 Å². The molecular weight excluding hydrogens is 496 g/mol. The van der Waals surface area contributed by atoms with E-state index in [4.69, 9.17) is 16.3 Å². The molecule has 0 saturated heterocycles. The molecule has 4 rings (SSSR count). The largest absolute Gasteiger partial charge is 0.486 e. The Morgan fingerprint density at radius 2 is 1.94 bits per heavy atom. The predicted molar refractivity (Wildman–Crippen MR) is 130 cm³/mol. The van der Waals surface area contributed by atoms with Gasteiger partial charge in [0.25, 0.3) is 5.69 Å². The maximum Gasteiger partial charge on any atom is 0.287 e. The van der Waals surface area contributed by atoms with Crippen molar-refractivity contribution in [2.45, 2.75) is 6.61 Å². The quantitative estimate of drug-likeness (QED) is 0.172. The lowest BCUT2D eigenvalue weighted by Gasteiger charge is -2.11. The highest BCUT2D eigenvalue weighted by molar-refractivity contribution is 9.10. The summed E-state index contributed by atoms with van der Waals surface area (Å²) in [6.45, 7) is 0.379. The van der Waals surface area contributed by atoms with E-state index >= 15 is 0 Å². The Kier molecular flexibility index (Phi) is 6.63. The maximum absolute atomic E-state index is 10.7. The van der Waals surface area contributed by atoms with Crippen LogP contribution in [-0.2, 0) is 6.61 Å². The van der Waals surface area contributed by atoms with Gasteiger partial charge in [0.2, 0.25) is 0 Å². The average Bonchev–Trinajstić information content (AvgIpc) is 2.79. The van der Waals surface area contributed by atoms with E-state index in [0.717, 1.165) is 22.7 Å². The van der Waals surface area contributed by atoms with Crippen LogP contribution >= 0.6 is 27.5 Å². The molecule has 0 spiro atoms. The van der Waals surface area contributed by atoms with Gasteiger partial charge in [-0.05, 0) is 62.1 Å². The lowest BCUT2D eigenvalue weighted by molar-refractivity contribution is -0.385. The Morgan fingerprint density at radius 1 is 1.12 bits per heavy atom. The number of anilines is 1. The van der Waals surface area contributed by atoms with Crippen LogP contribution in [0.15, 0.2) is 82.5 Å². The van der Waals surface area contributed by atoms with E-state index in [1.807, 2.05) is 24.3 Å². The molecule has 3 aromatic carbocycles. The first kappa shape index (κ1) is 21.7. The summed E-state index contributed by atoms with van der Waals surface area (Å²) in [6, 6.07) is 20.7. The summed E-state index contributed by atoms with van der Waals surface area (Å²) in [5.41, 5.74) is 4.40. The minimum Gasteiger partial charge on any atom is -0.486 e. The molecule has 1 aromatic heterocycles. The van der Waals surface area contributed by atoms with Crippen molar-refractivity contribution in [3.63, 3.8) is 0 Å². The second-order valence-corrected chi connectivity index (χ2v) is 8.07. The molecule has 0 radical (unpaired) electrons. The van der Waals surface area contributed by atoms with Crippen molar-refractivity contribution in [1.29, 1.82) is 0 Å². The van der Waals surface area contributed by atoms with Crippen LogP contribution in [0.5, 0.6) is 5.75 Å². The molecule has 0 saturated carbocycles. The van der Waals surface area contributed by atoms with Gasteiger partial charge in [-0.1, -0.05) is 48.0 Å². The summed E-state index contributed by atoms with van der Waals surface area (Å²) in [4.78, 5) is 14.1. The minimum absolute atomic E-state index is 0.0884. The number of pyridine rings is 1. The van der Waals surface area contributed by atoms with Crippen LogP contribution in [0.4, 0.5) is 11.5 Å². The van der Waals surface area contributed by atoms with Crippen molar-refractivity contribution in [1.82, 2.24) is 4.98 Å². The number of aromatic nitrogens is 1. The number of halogens is 2. The smallest absolute Gasteiger partial charge is 0.287 e. The Morgan fingerprint density at radius 3 is 2.66 bits per heavy atom. The average molecular weight is 512 g/mol. The standard InChI is InChI=1S/C23H16BrClN4O3/c24-20-10-16(12-27-28-22-8-7-19(13-26-22)29(30)31)11-21(25)23(20)32-14-15-5-6-17-3-1-2-4-18(17)9-15/h1-13H,14H2,(H,26,28)/b27-12+. The molecule has 0 bridgehead atoms. The van der Waals surface area contributed by atoms with Crippen molar-refractivity contribution in [2.75, 3.05) is 5.43 Å². The first-order valence-corrected chi connectivity index (χ1v) is 10.7. The zero-order valence-electron chi connectivity index (χ0n) is 16.5. The van der Waals surface area contributed by atoms with Gasteiger partial charge in [-0.2, -0.15) is 5.10 Å². The van der Waals surface area contributed by atoms with Crippen molar-refractivity contribution in [3.05, 3.63) is 104 Å². The van der Waals surface area contributed by atoms with Crippen LogP contribution in [0.25, 0.3) is 10.8 Å². The molecule has 160 valence electrons. The van der Waals surface area contributed by atoms with Crippen LogP contribution in [0.3, 0.4) is 0 Å². The van der Waals surface area contributed by atoms with Gasteiger partial charge in [-0.15, -0.1) is 0 Å². The molecule has 0 aliphatic carbocycles. The Balaban J connectivity index is 1.41.